The van der Waals surface area contributed by atoms with Gasteiger partial charge in [0.15, 0.2) is 0 Å². The largest absolute Gasteiger partial charge is 0.324 e. The molecule has 3 N–H and O–H groups in total. The fourth-order valence-corrected chi connectivity index (χ4v) is 3.99. The molecule has 1 aliphatic carbocycles. The number of nitrogens with one attached hydrogen (secondary N) is 1. The monoisotopic (exact) mass is 282 g/mol. The van der Waals surface area contributed by atoms with Gasteiger partial charge in [-0.25, -0.2) is 13.1 Å². The van der Waals surface area contributed by atoms with Gasteiger partial charge in [-0.2, -0.15) is 0 Å². The van der Waals surface area contributed by atoms with Crippen molar-refractivity contribution < 1.29 is 8.42 Å². The molecule has 1 fully saturated rings. The Bertz CT molecular complexity index is 534. The number of aryl methyl sites for hydroxylation is 1. The third-order valence-corrected chi connectivity index (χ3v) is 5.41. The number of benzene rings is 1. The highest BCUT2D eigenvalue weighted by molar-refractivity contribution is 7.89. The highest BCUT2D eigenvalue weighted by Crippen LogP contribution is 2.25. The molecule has 19 heavy (non-hydrogen) atoms. The Morgan fingerprint density at radius 3 is 2.47 bits per heavy atom. The molecule has 0 heterocycles. The fraction of sp³-hybridized carbons (Fsp3) is 0.571. The maximum Gasteiger partial charge on any atom is 0.240 e. The minimum Gasteiger partial charge on any atom is -0.324 e. The summed E-state index contributed by atoms with van der Waals surface area (Å²) in [4.78, 5) is 0.342. The Morgan fingerprint density at radius 1 is 1.21 bits per heavy atom. The van der Waals surface area contributed by atoms with E-state index in [2.05, 4.69) is 4.72 Å². The van der Waals surface area contributed by atoms with Gasteiger partial charge in [0.25, 0.3) is 0 Å². The lowest BCUT2D eigenvalue weighted by molar-refractivity contribution is 0.296. The third kappa shape index (κ3) is 3.55. The lowest BCUT2D eigenvalue weighted by Crippen LogP contribution is -2.51. The van der Waals surface area contributed by atoms with Gasteiger partial charge in [-0.15, -0.1) is 0 Å². The van der Waals surface area contributed by atoms with Gasteiger partial charge < -0.3 is 5.73 Å². The minimum absolute atomic E-state index is 0.323. The van der Waals surface area contributed by atoms with Crippen molar-refractivity contribution in [3.63, 3.8) is 0 Å². The van der Waals surface area contributed by atoms with Gasteiger partial charge in [0.1, 0.15) is 0 Å². The van der Waals surface area contributed by atoms with E-state index in [9.17, 15) is 8.42 Å². The molecular weight excluding hydrogens is 260 g/mol. The van der Waals surface area contributed by atoms with E-state index in [-0.39, 0.29) is 5.54 Å². The molecule has 0 saturated heterocycles. The van der Waals surface area contributed by atoms with E-state index < -0.39 is 10.0 Å². The first-order valence-electron chi connectivity index (χ1n) is 6.77. The van der Waals surface area contributed by atoms with Crippen LogP contribution in [-0.4, -0.2) is 20.5 Å². The first-order valence-corrected chi connectivity index (χ1v) is 8.25. The Hall–Kier alpha value is -0.910. The molecule has 1 aromatic rings. The van der Waals surface area contributed by atoms with E-state index >= 15 is 0 Å². The molecule has 0 amide bonds. The van der Waals surface area contributed by atoms with Crippen LogP contribution in [0.3, 0.4) is 0 Å². The second-order valence-corrected chi connectivity index (χ2v) is 7.25. The van der Waals surface area contributed by atoms with Gasteiger partial charge in [0, 0.05) is 12.1 Å². The summed E-state index contributed by atoms with van der Waals surface area (Å²) in [5.74, 6) is 0. The van der Waals surface area contributed by atoms with E-state index in [0.717, 1.165) is 31.2 Å². The number of hydrogen-bond donors (Lipinski definition) is 2. The Balaban J connectivity index is 2.08. The predicted octanol–water partition coefficient (Wildman–Crippen LogP) is 1.93. The molecular formula is C14H22N2O2S. The summed E-state index contributed by atoms with van der Waals surface area (Å²) < 4.78 is 27.2. The van der Waals surface area contributed by atoms with Crippen LogP contribution in [0.15, 0.2) is 29.2 Å². The van der Waals surface area contributed by atoms with Crippen molar-refractivity contribution in [2.24, 2.45) is 5.73 Å². The van der Waals surface area contributed by atoms with Crippen molar-refractivity contribution in [2.75, 3.05) is 6.54 Å². The number of hydrogen-bond acceptors (Lipinski definition) is 3. The van der Waals surface area contributed by atoms with Gasteiger partial charge in [0.05, 0.1) is 4.90 Å². The molecule has 0 unspecified atom stereocenters. The van der Waals surface area contributed by atoms with Crippen molar-refractivity contribution in [3.05, 3.63) is 29.8 Å². The van der Waals surface area contributed by atoms with Crippen molar-refractivity contribution in [2.45, 2.75) is 49.5 Å². The van der Waals surface area contributed by atoms with Gasteiger partial charge in [-0.1, -0.05) is 37.5 Å². The van der Waals surface area contributed by atoms with Crippen LogP contribution in [0.5, 0.6) is 0 Å². The molecule has 5 heteroatoms. The summed E-state index contributed by atoms with van der Waals surface area (Å²) in [7, 11) is -3.46. The molecule has 2 rings (SSSR count). The predicted molar refractivity (Wildman–Crippen MR) is 76.4 cm³/mol. The topological polar surface area (TPSA) is 72.2 Å². The SMILES string of the molecule is Cc1ccccc1S(=O)(=O)NCC1(N)CCCCC1. The van der Waals surface area contributed by atoms with Crippen molar-refractivity contribution in [3.8, 4) is 0 Å². The molecule has 0 bridgehead atoms. The summed E-state index contributed by atoms with van der Waals surface area (Å²) >= 11 is 0. The Morgan fingerprint density at radius 2 is 1.84 bits per heavy atom. The van der Waals surface area contributed by atoms with Crippen LogP contribution in [-0.2, 0) is 10.0 Å². The van der Waals surface area contributed by atoms with Crippen LogP contribution in [0.25, 0.3) is 0 Å². The first-order chi connectivity index (χ1) is 8.93. The number of nitrogens with two attached hydrogens (primary N) is 1. The van der Waals surface area contributed by atoms with Crippen LogP contribution >= 0.6 is 0 Å². The molecule has 0 aliphatic heterocycles. The smallest absolute Gasteiger partial charge is 0.240 e. The van der Waals surface area contributed by atoms with E-state index in [1.54, 1.807) is 25.1 Å². The van der Waals surface area contributed by atoms with Crippen molar-refractivity contribution in [1.29, 1.82) is 0 Å². The standard InChI is InChI=1S/C14H22N2O2S/c1-12-7-3-4-8-13(12)19(17,18)16-11-14(15)9-5-2-6-10-14/h3-4,7-8,16H,2,5-6,9-11,15H2,1H3. The average Bonchev–Trinajstić information content (AvgIpc) is 2.38. The van der Waals surface area contributed by atoms with Gasteiger partial charge in [-0.3, -0.25) is 0 Å². The molecule has 4 nitrogen and oxygen atoms in total. The van der Waals surface area contributed by atoms with Crippen LogP contribution in [0.4, 0.5) is 0 Å². The zero-order valence-corrected chi connectivity index (χ0v) is 12.2. The quantitative estimate of drug-likeness (QED) is 0.886. The second kappa shape index (κ2) is 5.61. The van der Waals surface area contributed by atoms with Crippen molar-refractivity contribution in [1.82, 2.24) is 4.72 Å². The molecule has 0 radical (unpaired) electrons. The zero-order chi connectivity index (χ0) is 13.9. The van der Waals surface area contributed by atoms with Crippen LogP contribution in [0.1, 0.15) is 37.7 Å². The van der Waals surface area contributed by atoms with Crippen molar-refractivity contribution >= 4 is 10.0 Å². The molecule has 1 saturated carbocycles. The zero-order valence-electron chi connectivity index (χ0n) is 11.4. The summed E-state index contributed by atoms with van der Waals surface area (Å²) in [6.07, 6.45) is 5.15. The summed E-state index contributed by atoms with van der Waals surface area (Å²) in [5, 5.41) is 0. The molecule has 0 spiro atoms. The molecule has 0 aromatic heterocycles. The second-order valence-electron chi connectivity index (χ2n) is 5.51. The molecule has 1 aliphatic rings. The lowest BCUT2D eigenvalue weighted by atomic mass is 9.83. The van der Waals surface area contributed by atoms with Crippen LogP contribution < -0.4 is 10.5 Å². The summed E-state index contributed by atoms with van der Waals surface area (Å²) in [6, 6.07) is 7.00. The van der Waals surface area contributed by atoms with E-state index in [1.165, 1.54) is 6.42 Å². The normalized spacial score (nSPS) is 19.3. The molecule has 0 atom stereocenters. The maximum absolute atomic E-state index is 12.3. The van der Waals surface area contributed by atoms with Gasteiger partial charge in [-0.05, 0) is 31.4 Å². The lowest BCUT2D eigenvalue weighted by Gasteiger charge is -2.33. The van der Waals surface area contributed by atoms with E-state index in [4.69, 9.17) is 5.73 Å². The minimum atomic E-state index is -3.46. The van der Waals surface area contributed by atoms with Gasteiger partial charge >= 0.3 is 0 Å². The average molecular weight is 282 g/mol. The highest BCUT2D eigenvalue weighted by Gasteiger charge is 2.29. The fourth-order valence-electron chi connectivity index (χ4n) is 2.61. The third-order valence-electron chi connectivity index (χ3n) is 3.85. The van der Waals surface area contributed by atoms with E-state index in [0.29, 0.717) is 11.4 Å². The summed E-state index contributed by atoms with van der Waals surface area (Å²) in [5.41, 5.74) is 6.63. The van der Waals surface area contributed by atoms with Gasteiger partial charge in [0.2, 0.25) is 10.0 Å². The Labute approximate surface area is 115 Å². The Kier molecular flexibility index (Phi) is 4.28. The van der Waals surface area contributed by atoms with E-state index in [1.807, 2.05) is 6.07 Å². The molecule has 1 aromatic carbocycles. The highest BCUT2D eigenvalue weighted by atomic mass is 32.2. The van der Waals surface area contributed by atoms with Crippen LogP contribution in [0, 0.1) is 6.92 Å². The number of sulfonamides is 1. The van der Waals surface area contributed by atoms with Crippen LogP contribution in [0.2, 0.25) is 0 Å². The maximum atomic E-state index is 12.3. The first kappa shape index (κ1) is 14.5. The summed E-state index contributed by atoms with van der Waals surface area (Å²) in [6.45, 7) is 2.12. The number of rotatable bonds is 4. The molecule has 106 valence electrons.